The van der Waals surface area contributed by atoms with E-state index in [0.29, 0.717) is 0 Å². The fourth-order valence-electron chi connectivity index (χ4n) is 1.11. The summed E-state index contributed by atoms with van der Waals surface area (Å²) in [6.45, 7) is 10.7. The third kappa shape index (κ3) is 6.62. The number of hydrogen-bond donors (Lipinski definition) is 1. The van der Waals surface area contributed by atoms with Crippen LogP contribution < -0.4 is 5.32 Å². The van der Waals surface area contributed by atoms with Crippen molar-refractivity contribution in [1.29, 1.82) is 0 Å². The van der Waals surface area contributed by atoms with Crippen LogP contribution in [0.15, 0.2) is 0 Å². The predicted molar refractivity (Wildman–Crippen MR) is 53.4 cm³/mol. The third-order valence-electron chi connectivity index (χ3n) is 1.83. The van der Waals surface area contributed by atoms with Crippen LogP contribution in [0.3, 0.4) is 0 Å². The van der Waals surface area contributed by atoms with E-state index in [1.54, 1.807) is 7.11 Å². The Balaban J connectivity index is 3.46. The van der Waals surface area contributed by atoms with E-state index >= 15 is 0 Å². The molecule has 0 unspecified atom stereocenters. The van der Waals surface area contributed by atoms with Gasteiger partial charge in [-0.25, -0.2) is 0 Å². The predicted octanol–water partition coefficient (Wildman–Crippen LogP) is 2.05. The fraction of sp³-hybridized carbons (Fsp3) is 1.00. The SMILES string of the molecule is COCC(C)(C)NCCC(C)C. The van der Waals surface area contributed by atoms with E-state index < -0.39 is 0 Å². The first-order valence-electron chi connectivity index (χ1n) is 4.72. The van der Waals surface area contributed by atoms with Crippen molar-refractivity contribution in [1.82, 2.24) is 5.32 Å². The van der Waals surface area contributed by atoms with Crippen LogP contribution in [0.5, 0.6) is 0 Å². The maximum atomic E-state index is 5.10. The Labute approximate surface area is 76.7 Å². The third-order valence-corrected chi connectivity index (χ3v) is 1.83. The molecule has 74 valence electrons. The highest BCUT2D eigenvalue weighted by Crippen LogP contribution is 2.04. The molecular formula is C10H23NO. The summed E-state index contributed by atoms with van der Waals surface area (Å²) in [6, 6.07) is 0. The lowest BCUT2D eigenvalue weighted by Gasteiger charge is -2.25. The summed E-state index contributed by atoms with van der Waals surface area (Å²) >= 11 is 0. The Kier molecular flexibility index (Phi) is 5.51. The van der Waals surface area contributed by atoms with Crippen LogP contribution in [0, 0.1) is 5.92 Å². The van der Waals surface area contributed by atoms with Gasteiger partial charge in [0.05, 0.1) is 6.61 Å². The minimum absolute atomic E-state index is 0.115. The molecular weight excluding hydrogens is 150 g/mol. The average molecular weight is 173 g/mol. The van der Waals surface area contributed by atoms with Crippen molar-refractivity contribution in [3.63, 3.8) is 0 Å². The Morgan fingerprint density at radius 2 is 1.92 bits per heavy atom. The molecule has 0 amide bonds. The zero-order chi connectivity index (χ0) is 9.61. The fourth-order valence-corrected chi connectivity index (χ4v) is 1.11. The van der Waals surface area contributed by atoms with Crippen LogP contribution in [-0.4, -0.2) is 25.8 Å². The first-order chi connectivity index (χ1) is 5.48. The van der Waals surface area contributed by atoms with Crippen LogP contribution >= 0.6 is 0 Å². The van der Waals surface area contributed by atoms with Crippen molar-refractivity contribution in [2.45, 2.75) is 39.7 Å². The molecule has 2 heteroatoms. The summed E-state index contributed by atoms with van der Waals surface area (Å²) in [7, 11) is 1.74. The van der Waals surface area contributed by atoms with Gasteiger partial charge in [-0.2, -0.15) is 0 Å². The van der Waals surface area contributed by atoms with Crippen molar-refractivity contribution >= 4 is 0 Å². The molecule has 12 heavy (non-hydrogen) atoms. The van der Waals surface area contributed by atoms with Gasteiger partial charge in [0, 0.05) is 12.6 Å². The summed E-state index contributed by atoms with van der Waals surface area (Å²) in [5, 5.41) is 3.47. The first kappa shape index (κ1) is 11.9. The monoisotopic (exact) mass is 173 g/mol. The second-order valence-corrected chi connectivity index (χ2v) is 4.43. The minimum atomic E-state index is 0.115. The van der Waals surface area contributed by atoms with Gasteiger partial charge in [0.25, 0.3) is 0 Å². The van der Waals surface area contributed by atoms with E-state index in [0.717, 1.165) is 19.1 Å². The van der Waals surface area contributed by atoms with Gasteiger partial charge in [0.1, 0.15) is 0 Å². The van der Waals surface area contributed by atoms with Gasteiger partial charge in [-0.3, -0.25) is 0 Å². The van der Waals surface area contributed by atoms with Gasteiger partial charge in [-0.1, -0.05) is 13.8 Å². The zero-order valence-corrected chi connectivity index (χ0v) is 9.11. The van der Waals surface area contributed by atoms with Crippen molar-refractivity contribution in [3.8, 4) is 0 Å². The normalized spacial score (nSPS) is 12.5. The van der Waals surface area contributed by atoms with Gasteiger partial charge >= 0.3 is 0 Å². The summed E-state index contributed by atoms with van der Waals surface area (Å²) in [6.07, 6.45) is 1.23. The topological polar surface area (TPSA) is 21.3 Å². The number of nitrogens with one attached hydrogen (secondary N) is 1. The number of ether oxygens (including phenoxy) is 1. The van der Waals surface area contributed by atoms with Crippen molar-refractivity contribution in [2.75, 3.05) is 20.3 Å². The smallest absolute Gasteiger partial charge is 0.0639 e. The van der Waals surface area contributed by atoms with Crippen molar-refractivity contribution < 1.29 is 4.74 Å². The summed E-state index contributed by atoms with van der Waals surface area (Å²) in [4.78, 5) is 0. The maximum Gasteiger partial charge on any atom is 0.0639 e. The Bertz CT molecular complexity index is 110. The van der Waals surface area contributed by atoms with Gasteiger partial charge in [0.15, 0.2) is 0 Å². The first-order valence-corrected chi connectivity index (χ1v) is 4.72. The summed E-state index contributed by atoms with van der Waals surface area (Å²) in [5.41, 5.74) is 0.115. The molecule has 0 heterocycles. The van der Waals surface area contributed by atoms with Crippen molar-refractivity contribution in [2.24, 2.45) is 5.92 Å². The molecule has 0 rings (SSSR count). The van der Waals surface area contributed by atoms with Gasteiger partial charge in [-0.05, 0) is 32.7 Å². The molecule has 0 aliphatic heterocycles. The number of hydrogen-bond acceptors (Lipinski definition) is 2. The number of methoxy groups -OCH3 is 1. The molecule has 0 saturated heterocycles. The van der Waals surface area contributed by atoms with E-state index in [4.69, 9.17) is 4.74 Å². The van der Waals surface area contributed by atoms with E-state index in [9.17, 15) is 0 Å². The minimum Gasteiger partial charge on any atom is -0.383 e. The van der Waals surface area contributed by atoms with E-state index in [2.05, 4.69) is 33.0 Å². The highest BCUT2D eigenvalue weighted by Gasteiger charge is 2.15. The van der Waals surface area contributed by atoms with E-state index in [-0.39, 0.29) is 5.54 Å². The highest BCUT2D eigenvalue weighted by atomic mass is 16.5. The lowest BCUT2D eigenvalue weighted by molar-refractivity contribution is 0.128. The van der Waals surface area contributed by atoms with Gasteiger partial charge in [-0.15, -0.1) is 0 Å². The van der Waals surface area contributed by atoms with E-state index in [1.165, 1.54) is 6.42 Å². The molecule has 0 saturated carbocycles. The maximum absolute atomic E-state index is 5.10. The summed E-state index contributed by atoms with van der Waals surface area (Å²) < 4.78 is 5.10. The van der Waals surface area contributed by atoms with Crippen LogP contribution in [0.2, 0.25) is 0 Å². The highest BCUT2D eigenvalue weighted by molar-refractivity contribution is 4.76. The molecule has 0 aromatic rings. The van der Waals surface area contributed by atoms with Gasteiger partial charge in [0.2, 0.25) is 0 Å². The summed E-state index contributed by atoms with van der Waals surface area (Å²) in [5.74, 6) is 0.774. The van der Waals surface area contributed by atoms with Gasteiger partial charge < -0.3 is 10.1 Å². The molecule has 0 aromatic carbocycles. The molecule has 0 aliphatic rings. The van der Waals surface area contributed by atoms with E-state index in [1.807, 2.05) is 0 Å². The lowest BCUT2D eigenvalue weighted by Crippen LogP contribution is -2.43. The molecule has 0 aliphatic carbocycles. The Morgan fingerprint density at radius 3 is 2.33 bits per heavy atom. The largest absolute Gasteiger partial charge is 0.383 e. The lowest BCUT2D eigenvalue weighted by atomic mass is 10.1. The Morgan fingerprint density at radius 1 is 1.33 bits per heavy atom. The second kappa shape index (κ2) is 5.55. The Hall–Kier alpha value is -0.0800. The standard InChI is InChI=1S/C10H23NO/c1-9(2)6-7-11-10(3,4)8-12-5/h9,11H,6-8H2,1-5H3. The average Bonchev–Trinajstić information content (AvgIpc) is 1.85. The molecule has 0 aromatic heterocycles. The molecule has 2 nitrogen and oxygen atoms in total. The number of rotatable bonds is 6. The second-order valence-electron chi connectivity index (χ2n) is 4.43. The van der Waals surface area contributed by atoms with Crippen molar-refractivity contribution in [3.05, 3.63) is 0 Å². The van der Waals surface area contributed by atoms with Crippen LogP contribution in [0.4, 0.5) is 0 Å². The molecule has 0 fully saturated rings. The van der Waals surface area contributed by atoms with Crippen LogP contribution in [0.25, 0.3) is 0 Å². The van der Waals surface area contributed by atoms with Crippen LogP contribution in [0.1, 0.15) is 34.1 Å². The molecule has 0 bridgehead atoms. The zero-order valence-electron chi connectivity index (χ0n) is 9.11. The quantitative estimate of drug-likeness (QED) is 0.663. The molecule has 0 spiro atoms. The molecule has 0 radical (unpaired) electrons. The van der Waals surface area contributed by atoms with Crippen LogP contribution in [-0.2, 0) is 4.74 Å². The molecule has 0 atom stereocenters. The molecule has 1 N–H and O–H groups in total.